The molecule has 1 aliphatic rings. The van der Waals surface area contributed by atoms with Gasteiger partial charge in [-0.15, -0.1) is 21.5 Å². The van der Waals surface area contributed by atoms with Crippen molar-refractivity contribution in [1.29, 1.82) is 0 Å². The lowest BCUT2D eigenvalue weighted by atomic mass is 10.1. The molecule has 3 aromatic rings. The first-order valence-electron chi connectivity index (χ1n) is 11.9. The largest absolute Gasteiger partial charge is 0.462 e. The molecular weight excluding hydrogens is 517 g/mol. The highest BCUT2D eigenvalue weighted by Crippen LogP contribution is 2.38. The van der Waals surface area contributed by atoms with Gasteiger partial charge in [-0.2, -0.15) is 0 Å². The van der Waals surface area contributed by atoms with Crippen molar-refractivity contribution in [3.63, 3.8) is 0 Å². The van der Waals surface area contributed by atoms with E-state index in [0.29, 0.717) is 20.0 Å². The van der Waals surface area contributed by atoms with E-state index in [1.807, 2.05) is 30.3 Å². The number of aromatic nitrogens is 2. The second-order valence-electron chi connectivity index (χ2n) is 8.32. The molecule has 1 unspecified atom stereocenters. The van der Waals surface area contributed by atoms with Gasteiger partial charge in [0.15, 0.2) is 4.34 Å². The van der Waals surface area contributed by atoms with Crippen LogP contribution in [0.15, 0.2) is 34.7 Å². The van der Waals surface area contributed by atoms with Crippen molar-refractivity contribution >= 4 is 62.4 Å². The van der Waals surface area contributed by atoms with Gasteiger partial charge < -0.3 is 15.4 Å². The van der Waals surface area contributed by atoms with Gasteiger partial charge >= 0.3 is 5.97 Å². The average molecular weight is 545 g/mol. The van der Waals surface area contributed by atoms with Crippen molar-refractivity contribution < 1.29 is 19.1 Å². The lowest BCUT2D eigenvalue weighted by Crippen LogP contribution is -2.23. The van der Waals surface area contributed by atoms with Crippen LogP contribution in [-0.2, 0) is 33.6 Å². The van der Waals surface area contributed by atoms with E-state index in [0.717, 1.165) is 48.1 Å². The number of carbonyl (C=O) groups is 3. The first-order chi connectivity index (χ1) is 17.4. The van der Waals surface area contributed by atoms with Gasteiger partial charge in [0.25, 0.3) is 0 Å². The number of carbonyl (C=O) groups excluding carboxylic acids is 3. The molecule has 0 radical (unpaired) electrons. The summed E-state index contributed by atoms with van der Waals surface area (Å²) in [5.41, 5.74) is 2.43. The molecule has 0 bridgehead atoms. The molecule has 4 rings (SSSR count). The summed E-state index contributed by atoms with van der Waals surface area (Å²) in [6, 6.07) is 9.45. The Morgan fingerprint density at radius 3 is 2.61 bits per heavy atom. The van der Waals surface area contributed by atoms with Gasteiger partial charge in [0.2, 0.25) is 16.9 Å². The molecule has 8 nitrogen and oxygen atoms in total. The highest BCUT2D eigenvalue weighted by Gasteiger charge is 2.28. The number of thiophene rings is 1. The zero-order chi connectivity index (χ0) is 25.5. The Labute approximate surface area is 222 Å². The van der Waals surface area contributed by atoms with Crippen molar-refractivity contribution in [3.05, 3.63) is 51.9 Å². The summed E-state index contributed by atoms with van der Waals surface area (Å²) in [6.07, 6.45) is 5.22. The Kier molecular flexibility index (Phi) is 9.11. The van der Waals surface area contributed by atoms with E-state index < -0.39 is 5.25 Å². The normalized spacial score (nSPS) is 13.8. The predicted octanol–water partition coefficient (Wildman–Crippen LogP) is 5.35. The molecule has 0 aliphatic heterocycles. The monoisotopic (exact) mass is 544 g/mol. The third kappa shape index (κ3) is 6.71. The number of aryl methyl sites for hydroxylation is 1. The Hall–Kier alpha value is -2.76. The van der Waals surface area contributed by atoms with E-state index in [2.05, 4.69) is 20.8 Å². The zero-order valence-corrected chi connectivity index (χ0v) is 22.6. The summed E-state index contributed by atoms with van der Waals surface area (Å²) in [6.45, 7) is 3.84. The SMILES string of the molecule is CCOC(=O)c1c(NC(=O)C(C)Sc2nnc(NC(=O)Cc3ccccc3)s2)sc2c1CCCCC2. The average Bonchev–Trinajstić information content (AvgIpc) is 3.35. The Morgan fingerprint density at radius 1 is 1.06 bits per heavy atom. The van der Waals surface area contributed by atoms with E-state index in [4.69, 9.17) is 4.74 Å². The molecule has 190 valence electrons. The minimum Gasteiger partial charge on any atom is -0.462 e. The molecule has 1 atom stereocenters. The Bertz CT molecular complexity index is 1230. The molecule has 36 heavy (non-hydrogen) atoms. The van der Waals surface area contributed by atoms with E-state index in [9.17, 15) is 14.4 Å². The van der Waals surface area contributed by atoms with Gasteiger partial charge in [0.1, 0.15) is 5.00 Å². The van der Waals surface area contributed by atoms with Crippen molar-refractivity contribution in [3.8, 4) is 0 Å². The van der Waals surface area contributed by atoms with Gasteiger partial charge in [-0.3, -0.25) is 9.59 Å². The number of amides is 2. The van der Waals surface area contributed by atoms with E-state index in [1.165, 1.54) is 34.4 Å². The van der Waals surface area contributed by atoms with Crippen LogP contribution < -0.4 is 10.6 Å². The molecular formula is C25H28N4O4S3. The van der Waals surface area contributed by atoms with Crippen molar-refractivity contribution in [2.24, 2.45) is 0 Å². The number of nitrogens with one attached hydrogen (secondary N) is 2. The number of ether oxygens (including phenoxy) is 1. The number of hydrogen-bond acceptors (Lipinski definition) is 9. The number of anilines is 2. The Balaban J connectivity index is 1.38. The molecule has 2 amide bonds. The summed E-state index contributed by atoms with van der Waals surface area (Å²) in [5, 5.41) is 14.3. The van der Waals surface area contributed by atoms with E-state index >= 15 is 0 Å². The fraction of sp³-hybridized carbons (Fsp3) is 0.400. The van der Waals surface area contributed by atoms with Gasteiger partial charge in [-0.05, 0) is 50.7 Å². The Morgan fingerprint density at radius 2 is 1.83 bits per heavy atom. The van der Waals surface area contributed by atoms with Gasteiger partial charge in [-0.25, -0.2) is 4.79 Å². The molecule has 2 heterocycles. The van der Waals surface area contributed by atoms with Crippen LogP contribution in [0.2, 0.25) is 0 Å². The number of rotatable bonds is 9. The minimum absolute atomic E-state index is 0.177. The summed E-state index contributed by atoms with van der Waals surface area (Å²) in [5.74, 6) is -0.789. The standard InChI is InChI=1S/C25H28N4O4S3/c1-3-33-23(32)20-17-12-8-5-9-13-18(17)35-22(20)27-21(31)15(2)34-25-29-28-24(36-25)26-19(30)14-16-10-6-4-7-11-16/h4,6-7,10-11,15H,3,5,8-9,12-14H2,1-2H3,(H,27,31)(H,26,28,30). The van der Waals surface area contributed by atoms with Crippen LogP contribution in [-0.4, -0.2) is 39.8 Å². The van der Waals surface area contributed by atoms with Crippen molar-refractivity contribution in [2.75, 3.05) is 17.2 Å². The number of esters is 1. The molecule has 0 saturated heterocycles. The summed E-state index contributed by atoms with van der Waals surface area (Å²) in [7, 11) is 0. The smallest absolute Gasteiger partial charge is 0.341 e. The van der Waals surface area contributed by atoms with Gasteiger partial charge in [0, 0.05) is 4.88 Å². The summed E-state index contributed by atoms with van der Waals surface area (Å²) >= 11 is 3.95. The van der Waals surface area contributed by atoms with Crippen LogP contribution in [0, 0.1) is 0 Å². The lowest BCUT2D eigenvalue weighted by molar-refractivity contribution is -0.116. The van der Waals surface area contributed by atoms with Crippen LogP contribution in [0.3, 0.4) is 0 Å². The highest BCUT2D eigenvalue weighted by molar-refractivity contribution is 8.02. The molecule has 0 spiro atoms. The number of thioether (sulfide) groups is 1. The minimum atomic E-state index is -0.484. The lowest BCUT2D eigenvalue weighted by Gasteiger charge is -2.11. The van der Waals surface area contributed by atoms with Crippen LogP contribution in [0.25, 0.3) is 0 Å². The molecule has 0 fully saturated rings. The number of benzene rings is 1. The number of fused-ring (bicyclic) bond motifs is 1. The summed E-state index contributed by atoms with van der Waals surface area (Å²) < 4.78 is 5.87. The van der Waals surface area contributed by atoms with Crippen LogP contribution in [0.1, 0.15) is 59.5 Å². The highest BCUT2D eigenvalue weighted by atomic mass is 32.2. The quantitative estimate of drug-likeness (QED) is 0.162. The van der Waals surface area contributed by atoms with Crippen LogP contribution in [0.4, 0.5) is 10.1 Å². The second-order valence-corrected chi connectivity index (χ2v) is 12.0. The van der Waals surface area contributed by atoms with Crippen molar-refractivity contribution in [1.82, 2.24) is 10.2 Å². The topological polar surface area (TPSA) is 110 Å². The first kappa shape index (κ1) is 26.3. The van der Waals surface area contributed by atoms with E-state index in [-0.39, 0.29) is 30.8 Å². The van der Waals surface area contributed by atoms with Crippen molar-refractivity contribution in [2.45, 2.75) is 62.0 Å². The predicted molar refractivity (Wildman–Crippen MR) is 144 cm³/mol. The molecule has 0 saturated carbocycles. The summed E-state index contributed by atoms with van der Waals surface area (Å²) in [4.78, 5) is 39.2. The number of nitrogens with zero attached hydrogens (tertiary/aromatic N) is 2. The van der Waals surface area contributed by atoms with Crippen LogP contribution in [0.5, 0.6) is 0 Å². The molecule has 1 aliphatic carbocycles. The number of hydrogen-bond donors (Lipinski definition) is 2. The second kappa shape index (κ2) is 12.5. The maximum Gasteiger partial charge on any atom is 0.341 e. The molecule has 2 N–H and O–H groups in total. The third-order valence-corrected chi connectivity index (χ3v) is 8.87. The fourth-order valence-electron chi connectivity index (χ4n) is 3.92. The van der Waals surface area contributed by atoms with Gasteiger partial charge in [0.05, 0.1) is 23.8 Å². The zero-order valence-electron chi connectivity index (χ0n) is 20.2. The fourth-order valence-corrected chi connectivity index (χ4v) is 7.11. The maximum atomic E-state index is 13.0. The van der Waals surface area contributed by atoms with Gasteiger partial charge in [-0.1, -0.05) is 59.9 Å². The molecule has 1 aromatic carbocycles. The molecule has 11 heteroatoms. The van der Waals surface area contributed by atoms with E-state index in [1.54, 1.807) is 13.8 Å². The van der Waals surface area contributed by atoms with Crippen LogP contribution >= 0.6 is 34.4 Å². The maximum absolute atomic E-state index is 13.0. The molecule has 2 aromatic heterocycles. The third-order valence-electron chi connectivity index (χ3n) is 5.64. The first-order valence-corrected chi connectivity index (χ1v) is 14.4.